The third-order valence-electron chi connectivity index (χ3n) is 4.05. The number of nitrogens with zero attached hydrogens (tertiary/aromatic N) is 2. The summed E-state index contributed by atoms with van der Waals surface area (Å²) in [4.78, 5) is 15.8. The van der Waals surface area contributed by atoms with Gasteiger partial charge in [-0.2, -0.15) is 5.01 Å². The van der Waals surface area contributed by atoms with Gasteiger partial charge >= 0.3 is 0 Å². The summed E-state index contributed by atoms with van der Waals surface area (Å²) in [5.74, 6) is -0.0191. The fraction of sp³-hybridized carbons (Fsp3) is 0.211. The molecule has 0 aliphatic carbocycles. The van der Waals surface area contributed by atoms with Crippen LogP contribution in [0, 0.1) is 0 Å². The van der Waals surface area contributed by atoms with Gasteiger partial charge in [0.2, 0.25) is 0 Å². The maximum Gasteiger partial charge on any atom is 0.185 e. The van der Waals surface area contributed by atoms with Gasteiger partial charge in [0.25, 0.3) is 0 Å². The molecule has 7 heteroatoms. The quantitative estimate of drug-likeness (QED) is 0.764. The minimum absolute atomic E-state index is 0.0285. The molecule has 26 heavy (non-hydrogen) atoms. The van der Waals surface area contributed by atoms with Crippen LogP contribution in [-0.4, -0.2) is 28.6 Å². The number of benzene rings is 1. The van der Waals surface area contributed by atoms with Crippen LogP contribution in [0.2, 0.25) is 5.02 Å². The number of halogens is 1. The zero-order chi connectivity index (χ0) is 18.7. The normalized spacial score (nSPS) is 16.0. The van der Waals surface area contributed by atoms with Crippen LogP contribution in [-0.2, 0) is 6.61 Å². The minimum Gasteiger partial charge on any atom is -0.505 e. The number of nitrogens with one attached hydrogen (secondary N) is 1. The first kappa shape index (κ1) is 18.1. The predicted octanol–water partition coefficient (Wildman–Crippen LogP) is 2.47. The van der Waals surface area contributed by atoms with Gasteiger partial charge in [-0.3, -0.25) is 9.78 Å². The lowest BCUT2D eigenvalue weighted by Gasteiger charge is -2.17. The van der Waals surface area contributed by atoms with Crippen LogP contribution in [0.15, 0.2) is 41.6 Å². The first-order valence-electron chi connectivity index (χ1n) is 8.18. The van der Waals surface area contributed by atoms with Gasteiger partial charge < -0.3 is 9.84 Å². The minimum atomic E-state index is -0.284. The van der Waals surface area contributed by atoms with Gasteiger partial charge in [0.1, 0.15) is 29.8 Å². The summed E-state index contributed by atoms with van der Waals surface area (Å²) >= 11 is 5.84. The van der Waals surface area contributed by atoms with Crippen LogP contribution in [0.25, 0.3) is 5.70 Å². The number of aldehydes is 1. The molecule has 2 heterocycles. The van der Waals surface area contributed by atoms with Crippen molar-refractivity contribution in [1.82, 2.24) is 4.98 Å². The summed E-state index contributed by atoms with van der Waals surface area (Å²) in [5, 5.41) is 15.4. The molecule has 0 spiro atoms. The van der Waals surface area contributed by atoms with Crippen LogP contribution < -0.4 is 9.75 Å². The molecule has 1 aromatic heterocycles. The van der Waals surface area contributed by atoms with Gasteiger partial charge in [0, 0.05) is 17.8 Å². The highest BCUT2D eigenvalue weighted by Gasteiger charge is 2.27. The van der Waals surface area contributed by atoms with Gasteiger partial charge in [-0.1, -0.05) is 22.8 Å². The van der Waals surface area contributed by atoms with E-state index >= 15 is 0 Å². The topological polar surface area (TPSA) is 76.2 Å². The van der Waals surface area contributed by atoms with Crippen molar-refractivity contribution in [1.29, 1.82) is 0 Å². The van der Waals surface area contributed by atoms with Crippen LogP contribution in [0.1, 0.15) is 35.5 Å². The van der Waals surface area contributed by atoms with Crippen LogP contribution in [0.5, 0.6) is 11.5 Å². The number of carbonyl (C=O) groups excluding carboxylic acids is 1. The summed E-state index contributed by atoms with van der Waals surface area (Å²) in [6, 6.07) is 7.06. The first-order valence-corrected chi connectivity index (χ1v) is 8.56. The molecule has 3 rings (SSSR count). The summed E-state index contributed by atoms with van der Waals surface area (Å²) < 4.78 is 5.78. The van der Waals surface area contributed by atoms with E-state index in [1.807, 2.05) is 18.2 Å². The largest absolute Gasteiger partial charge is 0.505 e. The van der Waals surface area contributed by atoms with Crippen LogP contribution in [0.3, 0.4) is 0 Å². The Morgan fingerprint density at radius 3 is 2.88 bits per heavy atom. The Hall–Kier alpha value is -2.70. The number of hydrogen-bond donors (Lipinski definition) is 2. The molecule has 2 aromatic rings. The number of carbonyl (C=O) groups is 1. The molecule has 1 aliphatic heterocycles. The van der Waals surface area contributed by atoms with E-state index in [-0.39, 0.29) is 34.7 Å². The molecule has 0 saturated carbocycles. The Balaban J connectivity index is 1.87. The van der Waals surface area contributed by atoms with Crippen molar-refractivity contribution < 1.29 is 19.6 Å². The zero-order valence-corrected chi connectivity index (χ0v) is 15.2. The second-order valence-corrected chi connectivity index (χ2v) is 6.53. The summed E-state index contributed by atoms with van der Waals surface area (Å²) in [5.41, 5.74) is 2.64. The Morgan fingerprint density at radius 1 is 1.35 bits per heavy atom. The summed E-state index contributed by atoms with van der Waals surface area (Å²) in [6.07, 6.45) is 5.96. The smallest absolute Gasteiger partial charge is 0.185 e. The monoisotopic (exact) mass is 372 g/mol. The van der Waals surface area contributed by atoms with Gasteiger partial charge in [-0.05, 0) is 32.0 Å². The maximum absolute atomic E-state index is 11.3. The Morgan fingerprint density at radius 2 is 2.15 bits per heavy atom. The molecule has 0 bridgehead atoms. The van der Waals surface area contributed by atoms with E-state index in [4.69, 9.17) is 16.3 Å². The molecule has 0 saturated heterocycles. The van der Waals surface area contributed by atoms with Gasteiger partial charge in [0.05, 0.1) is 16.8 Å². The fourth-order valence-corrected chi connectivity index (χ4v) is 2.93. The zero-order valence-electron chi connectivity index (χ0n) is 14.4. The van der Waals surface area contributed by atoms with Crippen molar-refractivity contribution in [2.75, 3.05) is 0 Å². The molecule has 2 N–H and O–H groups in total. The molecule has 1 aromatic carbocycles. The van der Waals surface area contributed by atoms with E-state index in [1.54, 1.807) is 18.5 Å². The van der Waals surface area contributed by atoms with E-state index in [0.717, 1.165) is 22.0 Å². The number of quaternary nitrogens is 1. The van der Waals surface area contributed by atoms with Gasteiger partial charge in [0.15, 0.2) is 12.0 Å². The van der Waals surface area contributed by atoms with Crippen molar-refractivity contribution >= 4 is 29.8 Å². The van der Waals surface area contributed by atoms with Gasteiger partial charge in [-0.15, -0.1) is 0 Å². The number of phenols is 1. The number of aromatic hydroxyl groups is 1. The van der Waals surface area contributed by atoms with Crippen molar-refractivity contribution in [3.8, 4) is 11.5 Å². The highest BCUT2D eigenvalue weighted by atomic mass is 35.5. The molecule has 1 unspecified atom stereocenters. The van der Waals surface area contributed by atoms with Gasteiger partial charge in [-0.25, -0.2) is 0 Å². The molecule has 6 nitrogen and oxygen atoms in total. The molecule has 0 amide bonds. The lowest BCUT2D eigenvalue weighted by atomic mass is 10.1. The van der Waals surface area contributed by atoms with Crippen molar-refractivity contribution in [2.24, 2.45) is 5.10 Å². The number of ether oxygens (including phenoxy) is 1. The third kappa shape index (κ3) is 3.47. The standard InChI is InChI=1S/C19H18ClN3O3/c1-12(2)23-16(7-9-22-23)18-13(4-3-8-21-18)11-26-17-6-5-15(20)19(25)14(17)10-24/h3-10,12,25H,11H2,1-2H3/p+1. The Kier molecular flexibility index (Phi) is 5.35. The predicted molar refractivity (Wildman–Crippen MR) is 99.6 cm³/mol. The summed E-state index contributed by atoms with van der Waals surface area (Å²) in [7, 11) is 0. The third-order valence-corrected chi connectivity index (χ3v) is 4.36. The number of pyridine rings is 1. The van der Waals surface area contributed by atoms with E-state index < -0.39 is 0 Å². The number of hydrogen-bond acceptors (Lipinski definition) is 5. The molecule has 1 aliphatic rings. The van der Waals surface area contributed by atoms with E-state index in [2.05, 4.69) is 23.9 Å². The highest BCUT2D eigenvalue weighted by molar-refractivity contribution is 6.32. The summed E-state index contributed by atoms with van der Waals surface area (Å²) in [6.45, 7) is 4.35. The maximum atomic E-state index is 11.3. The number of phenolic OH excluding ortho intramolecular Hbond substituents is 1. The number of rotatable bonds is 6. The van der Waals surface area contributed by atoms with Crippen molar-refractivity contribution in [3.63, 3.8) is 0 Å². The lowest BCUT2D eigenvalue weighted by Crippen LogP contribution is -3.07. The molecular weight excluding hydrogens is 354 g/mol. The second-order valence-electron chi connectivity index (χ2n) is 6.12. The lowest BCUT2D eigenvalue weighted by molar-refractivity contribution is -0.853. The molecule has 0 radical (unpaired) electrons. The average Bonchev–Trinajstić information content (AvgIpc) is 3.13. The number of aromatic nitrogens is 1. The van der Waals surface area contributed by atoms with Crippen LogP contribution >= 0.6 is 11.6 Å². The number of allylic oxidation sites excluding steroid dienone is 1. The van der Waals surface area contributed by atoms with E-state index in [9.17, 15) is 9.90 Å². The molecule has 1 atom stereocenters. The highest BCUT2D eigenvalue weighted by Crippen LogP contribution is 2.33. The molecule has 0 fully saturated rings. The second kappa shape index (κ2) is 7.68. The Bertz CT molecular complexity index is 894. The average molecular weight is 373 g/mol. The molecular formula is C19H19ClN3O3+. The van der Waals surface area contributed by atoms with E-state index in [0.29, 0.717) is 6.29 Å². The first-order chi connectivity index (χ1) is 12.5. The fourth-order valence-electron chi connectivity index (χ4n) is 2.76. The van der Waals surface area contributed by atoms with Crippen molar-refractivity contribution in [2.45, 2.75) is 26.5 Å². The van der Waals surface area contributed by atoms with Crippen molar-refractivity contribution in [3.05, 3.63) is 58.4 Å². The van der Waals surface area contributed by atoms with E-state index in [1.165, 1.54) is 6.07 Å². The Labute approximate surface area is 156 Å². The SMILES string of the molecule is CC(C)[NH+]1N=CC=C1c1ncccc1COc1ccc(Cl)c(O)c1C=O. The molecule has 134 valence electrons. The van der Waals surface area contributed by atoms with Crippen LogP contribution in [0.4, 0.5) is 0 Å².